The van der Waals surface area contributed by atoms with Gasteiger partial charge in [0, 0.05) is 18.0 Å². The molecule has 0 bridgehead atoms. The fraction of sp³-hybridized carbons (Fsp3) is 0.364. The van der Waals surface area contributed by atoms with Crippen molar-refractivity contribution >= 4 is 0 Å². The van der Waals surface area contributed by atoms with Crippen molar-refractivity contribution in [3.05, 3.63) is 29.9 Å². The van der Waals surface area contributed by atoms with E-state index in [0.29, 0.717) is 5.82 Å². The summed E-state index contributed by atoms with van der Waals surface area (Å²) < 4.78 is 40.7. The van der Waals surface area contributed by atoms with E-state index in [4.69, 9.17) is 4.52 Å². The molecule has 0 aliphatic heterocycles. The van der Waals surface area contributed by atoms with Crippen LogP contribution < -0.4 is 5.32 Å². The monoisotopic (exact) mass is 272 g/mol. The molecule has 0 amide bonds. The molecule has 1 N–H and O–H groups in total. The molecule has 0 saturated carbocycles. The lowest BCUT2D eigenvalue weighted by Gasteiger charge is -2.05. The van der Waals surface area contributed by atoms with Crippen LogP contribution in [0.5, 0.6) is 0 Å². The summed E-state index contributed by atoms with van der Waals surface area (Å²) in [5.41, 5.74) is 1.60. The van der Waals surface area contributed by atoms with Gasteiger partial charge in [0.05, 0.1) is 13.1 Å². The van der Waals surface area contributed by atoms with Crippen LogP contribution in [0.15, 0.2) is 23.0 Å². The number of rotatable bonds is 4. The first-order valence-electron chi connectivity index (χ1n) is 5.47. The largest absolute Gasteiger partial charge is 0.401 e. The number of aryl methyl sites for hydroxylation is 1. The van der Waals surface area contributed by atoms with Crippen molar-refractivity contribution in [2.24, 2.45) is 0 Å². The van der Waals surface area contributed by atoms with Gasteiger partial charge in [-0.15, -0.1) is 0 Å². The van der Waals surface area contributed by atoms with Gasteiger partial charge in [0.15, 0.2) is 0 Å². The normalized spacial score (nSPS) is 11.8. The topological polar surface area (TPSA) is 63.8 Å². The second kappa shape index (κ2) is 5.35. The minimum atomic E-state index is -4.26. The van der Waals surface area contributed by atoms with Crippen molar-refractivity contribution < 1.29 is 17.7 Å². The van der Waals surface area contributed by atoms with Crippen LogP contribution in [0.1, 0.15) is 11.5 Å². The summed E-state index contributed by atoms with van der Waals surface area (Å²) in [6.07, 6.45) is -1.03. The van der Waals surface area contributed by atoms with Crippen LogP contribution >= 0.6 is 0 Å². The highest BCUT2D eigenvalue weighted by Crippen LogP contribution is 2.19. The zero-order valence-corrected chi connectivity index (χ0v) is 10.0. The highest BCUT2D eigenvalue weighted by Gasteiger charge is 2.26. The number of aromatic nitrogens is 3. The molecule has 0 aromatic carbocycles. The standard InChI is InChI=1S/C11H11F3N4O/c1-7-4-15-3-2-8(7)10-17-9(19-18-10)5-16-6-11(12,13)14/h2-4,16H,5-6H2,1H3. The average Bonchev–Trinajstić information content (AvgIpc) is 2.76. The first-order chi connectivity index (χ1) is 8.96. The van der Waals surface area contributed by atoms with Gasteiger partial charge in [-0.3, -0.25) is 4.98 Å². The van der Waals surface area contributed by atoms with E-state index in [1.807, 2.05) is 6.92 Å². The molecule has 2 aromatic heterocycles. The highest BCUT2D eigenvalue weighted by molar-refractivity contribution is 5.57. The SMILES string of the molecule is Cc1cnccc1-c1noc(CNCC(F)(F)F)n1. The van der Waals surface area contributed by atoms with Crippen LogP contribution in [0, 0.1) is 6.92 Å². The molecule has 102 valence electrons. The van der Waals surface area contributed by atoms with Gasteiger partial charge in [-0.2, -0.15) is 18.2 Å². The lowest BCUT2D eigenvalue weighted by molar-refractivity contribution is -0.125. The van der Waals surface area contributed by atoms with Gasteiger partial charge in [-0.05, 0) is 18.6 Å². The Bertz CT molecular complexity index is 553. The van der Waals surface area contributed by atoms with Crippen LogP contribution in [0.3, 0.4) is 0 Å². The lowest BCUT2D eigenvalue weighted by Crippen LogP contribution is -2.28. The molecule has 0 fully saturated rings. The lowest BCUT2D eigenvalue weighted by atomic mass is 10.1. The third kappa shape index (κ3) is 3.75. The maximum absolute atomic E-state index is 11.9. The predicted molar refractivity (Wildman–Crippen MR) is 60.0 cm³/mol. The van der Waals surface area contributed by atoms with Crippen molar-refractivity contribution in [2.75, 3.05) is 6.54 Å². The van der Waals surface area contributed by atoms with Gasteiger partial charge in [0.2, 0.25) is 11.7 Å². The molecule has 0 atom stereocenters. The molecular weight excluding hydrogens is 261 g/mol. The van der Waals surface area contributed by atoms with E-state index in [1.54, 1.807) is 18.5 Å². The maximum Gasteiger partial charge on any atom is 0.401 e. The van der Waals surface area contributed by atoms with E-state index in [2.05, 4.69) is 20.4 Å². The van der Waals surface area contributed by atoms with Gasteiger partial charge >= 0.3 is 6.18 Å². The number of alkyl halides is 3. The van der Waals surface area contributed by atoms with E-state index >= 15 is 0 Å². The molecular formula is C11H11F3N4O. The van der Waals surface area contributed by atoms with Gasteiger partial charge < -0.3 is 9.84 Å². The molecule has 8 heteroatoms. The fourth-order valence-electron chi connectivity index (χ4n) is 1.47. The van der Waals surface area contributed by atoms with Gasteiger partial charge in [0.1, 0.15) is 0 Å². The summed E-state index contributed by atoms with van der Waals surface area (Å²) in [6.45, 7) is 0.607. The zero-order chi connectivity index (χ0) is 13.9. The molecule has 0 radical (unpaired) electrons. The molecule has 2 rings (SSSR count). The molecule has 2 aromatic rings. The number of nitrogens with one attached hydrogen (secondary N) is 1. The van der Waals surface area contributed by atoms with Crippen molar-refractivity contribution in [3.63, 3.8) is 0 Å². The Morgan fingerprint density at radius 2 is 2.16 bits per heavy atom. The summed E-state index contributed by atoms with van der Waals surface area (Å²) >= 11 is 0. The van der Waals surface area contributed by atoms with Crippen molar-refractivity contribution in [1.29, 1.82) is 0 Å². The molecule has 19 heavy (non-hydrogen) atoms. The Labute approximate surface area is 106 Å². The molecule has 0 unspecified atom stereocenters. The molecule has 0 aliphatic carbocycles. The van der Waals surface area contributed by atoms with Gasteiger partial charge in [-0.25, -0.2) is 0 Å². The number of hydrogen-bond acceptors (Lipinski definition) is 5. The Balaban J connectivity index is 2.02. The minimum Gasteiger partial charge on any atom is -0.338 e. The van der Waals surface area contributed by atoms with Crippen LogP contribution in [0.25, 0.3) is 11.4 Å². The third-order valence-corrected chi connectivity index (χ3v) is 2.33. The van der Waals surface area contributed by atoms with Crippen LogP contribution in [0.4, 0.5) is 13.2 Å². The summed E-state index contributed by atoms with van der Waals surface area (Å²) in [4.78, 5) is 7.96. The van der Waals surface area contributed by atoms with Crippen LogP contribution in [-0.2, 0) is 6.54 Å². The average molecular weight is 272 g/mol. The quantitative estimate of drug-likeness (QED) is 0.923. The van der Waals surface area contributed by atoms with Crippen molar-refractivity contribution in [2.45, 2.75) is 19.6 Å². The summed E-state index contributed by atoms with van der Waals surface area (Å²) in [7, 11) is 0. The smallest absolute Gasteiger partial charge is 0.338 e. The molecule has 0 aliphatic rings. The first kappa shape index (κ1) is 13.5. The van der Waals surface area contributed by atoms with E-state index in [1.165, 1.54) is 0 Å². The van der Waals surface area contributed by atoms with Crippen molar-refractivity contribution in [3.8, 4) is 11.4 Å². The minimum absolute atomic E-state index is 0.107. The van der Waals surface area contributed by atoms with Crippen LogP contribution in [-0.4, -0.2) is 27.8 Å². The zero-order valence-electron chi connectivity index (χ0n) is 10.0. The van der Waals surface area contributed by atoms with E-state index in [0.717, 1.165) is 11.1 Å². The Kier molecular flexibility index (Phi) is 3.79. The third-order valence-electron chi connectivity index (χ3n) is 2.33. The predicted octanol–water partition coefficient (Wildman–Crippen LogP) is 2.09. The number of pyridine rings is 1. The Morgan fingerprint density at radius 3 is 2.84 bits per heavy atom. The molecule has 5 nitrogen and oxygen atoms in total. The molecule has 0 spiro atoms. The second-order valence-electron chi connectivity index (χ2n) is 3.92. The van der Waals surface area contributed by atoms with E-state index < -0.39 is 12.7 Å². The fourth-order valence-corrected chi connectivity index (χ4v) is 1.47. The van der Waals surface area contributed by atoms with E-state index in [-0.39, 0.29) is 12.4 Å². The Morgan fingerprint density at radius 1 is 1.37 bits per heavy atom. The summed E-state index contributed by atoms with van der Waals surface area (Å²) in [6, 6.07) is 1.72. The summed E-state index contributed by atoms with van der Waals surface area (Å²) in [5, 5.41) is 5.91. The van der Waals surface area contributed by atoms with Gasteiger partial charge in [-0.1, -0.05) is 5.16 Å². The number of halogens is 3. The highest BCUT2D eigenvalue weighted by atomic mass is 19.4. The van der Waals surface area contributed by atoms with Crippen molar-refractivity contribution in [1.82, 2.24) is 20.4 Å². The first-order valence-corrected chi connectivity index (χ1v) is 5.47. The number of hydrogen-bond donors (Lipinski definition) is 1. The van der Waals surface area contributed by atoms with E-state index in [9.17, 15) is 13.2 Å². The summed E-state index contributed by atoms with van der Waals surface area (Å²) in [5.74, 6) is 0.444. The second-order valence-corrected chi connectivity index (χ2v) is 3.92. The van der Waals surface area contributed by atoms with Gasteiger partial charge in [0.25, 0.3) is 0 Å². The molecule has 2 heterocycles. The van der Waals surface area contributed by atoms with Crippen LogP contribution in [0.2, 0.25) is 0 Å². The number of nitrogens with zero attached hydrogens (tertiary/aromatic N) is 3. The Hall–Kier alpha value is -1.96. The maximum atomic E-state index is 11.9. The molecule has 0 saturated heterocycles.